The summed E-state index contributed by atoms with van der Waals surface area (Å²) in [6, 6.07) is 20.3. The third kappa shape index (κ3) is 4.98. The molecule has 1 amide bonds. The van der Waals surface area contributed by atoms with Gasteiger partial charge in [0.2, 0.25) is 11.8 Å². The van der Waals surface area contributed by atoms with E-state index in [0.717, 1.165) is 29.7 Å². The number of benzene rings is 2. The molecule has 34 heavy (non-hydrogen) atoms. The van der Waals surface area contributed by atoms with E-state index in [1.165, 1.54) is 5.56 Å². The van der Waals surface area contributed by atoms with E-state index < -0.39 is 0 Å². The summed E-state index contributed by atoms with van der Waals surface area (Å²) < 4.78 is 7.25. The van der Waals surface area contributed by atoms with Crippen molar-refractivity contribution in [2.24, 2.45) is 0 Å². The van der Waals surface area contributed by atoms with Crippen LogP contribution >= 0.6 is 0 Å². The third-order valence-electron chi connectivity index (χ3n) is 6.13. The SMILES string of the molecule is Cc1noc(C2CCN(C(=O)/C=C/c3cn(Cc4ccccc4)nc3-c3ccccc3)CC2)n1. The maximum atomic E-state index is 12.9. The topological polar surface area (TPSA) is 77.0 Å². The first-order chi connectivity index (χ1) is 16.7. The molecular formula is C27H27N5O2. The lowest BCUT2D eigenvalue weighted by molar-refractivity contribution is -0.127. The first kappa shape index (κ1) is 21.8. The summed E-state index contributed by atoms with van der Waals surface area (Å²) in [5.41, 5.74) is 3.99. The van der Waals surface area contributed by atoms with Gasteiger partial charge in [-0.25, -0.2) is 0 Å². The van der Waals surface area contributed by atoms with Gasteiger partial charge in [0.05, 0.1) is 12.2 Å². The molecule has 7 nitrogen and oxygen atoms in total. The number of aryl methyl sites for hydroxylation is 1. The molecule has 4 aromatic rings. The van der Waals surface area contributed by atoms with Crippen molar-refractivity contribution in [2.45, 2.75) is 32.2 Å². The number of nitrogens with zero attached hydrogens (tertiary/aromatic N) is 5. The zero-order chi connectivity index (χ0) is 23.3. The normalized spacial score (nSPS) is 14.7. The molecule has 0 N–H and O–H groups in total. The Morgan fingerprint density at radius 1 is 1.06 bits per heavy atom. The van der Waals surface area contributed by atoms with Crippen molar-refractivity contribution in [3.05, 3.63) is 95.8 Å². The van der Waals surface area contributed by atoms with E-state index >= 15 is 0 Å². The summed E-state index contributed by atoms with van der Waals surface area (Å²) in [5, 5.41) is 8.71. The molecule has 1 fully saturated rings. The van der Waals surface area contributed by atoms with E-state index in [4.69, 9.17) is 9.62 Å². The summed E-state index contributed by atoms with van der Waals surface area (Å²) >= 11 is 0. The first-order valence-corrected chi connectivity index (χ1v) is 11.6. The van der Waals surface area contributed by atoms with E-state index in [-0.39, 0.29) is 11.8 Å². The fraction of sp³-hybridized carbons (Fsp3) is 0.259. The lowest BCUT2D eigenvalue weighted by atomic mass is 9.96. The second-order valence-electron chi connectivity index (χ2n) is 8.59. The van der Waals surface area contributed by atoms with Crippen LogP contribution in [0.2, 0.25) is 0 Å². The van der Waals surface area contributed by atoms with Crippen LogP contribution in [0.15, 0.2) is 77.5 Å². The van der Waals surface area contributed by atoms with Gasteiger partial charge < -0.3 is 9.42 Å². The Bertz CT molecular complexity index is 1270. The van der Waals surface area contributed by atoms with Gasteiger partial charge in [-0.2, -0.15) is 10.1 Å². The Balaban J connectivity index is 1.30. The molecule has 3 heterocycles. The van der Waals surface area contributed by atoms with Crippen LogP contribution in [0.3, 0.4) is 0 Å². The van der Waals surface area contributed by atoms with Crippen LogP contribution in [0.25, 0.3) is 17.3 Å². The highest BCUT2D eigenvalue weighted by Gasteiger charge is 2.26. The van der Waals surface area contributed by atoms with E-state index in [9.17, 15) is 4.79 Å². The van der Waals surface area contributed by atoms with Crippen LogP contribution < -0.4 is 0 Å². The Morgan fingerprint density at radius 2 is 1.76 bits per heavy atom. The third-order valence-corrected chi connectivity index (χ3v) is 6.13. The van der Waals surface area contributed by atoms with Gasteiger partial charge in [0, 0.05) is 42.4 Å². The largest absolute Gasteiger partial charge is 0.339 e. The maximum absolute atomic E-state index is 12.9. The van der Waals surface area contributed by atoms with Crippen molar-refractivity contribution in [2.75, 3.05) is 13.1 Å². The van der Waals surface area contributed by atoms with Crippen molar-refractivity contribution in [3.8, 4) is 11.3 Å². The fourth-order valence-electron chi connectivity index (χ4n) is 4.32. The maximum Gasteiger partial charge on any atom is 0.246 e. The summed E-state index contributed by atoms with van der Waals surface area (Å²) in [6.07, 6.45) is 7.19. The molecule has 0 bridgehead atoms. The van der Waals surface area contributed by atoms with E-state index in [1.54, 1.807) is 6.08 Å². The molecule has 172 valence electrons. The van der Waals surface area contributed by atoms with E-state index in [1.807, 2.05) is 77.3 Å². The number of likely N-dealkylation sites (tertiary alicyclic amines) is 1. The minimum atomic E-state index is 0.00924. The number of hydrogen-bond acceptors (Lipinski definition) is 5. The number of carbonyl (C=O) groups excluding carboxylic acids is 1. The molecule has 0 radical (unpaired) electrons. The van der Waals surface area contributed by atoms with Crippen molar-refractivity contribution in [1.82, 2.24) is 24.8 Å². The predicted octanol–water partition coefficient (Wildman–Crippen LogP) is 4.71. The number of rotatable bonds is 6. The first-order valence-electron chi connectivity index (χ1n) is 11.6. The van der Waals surface area contributed by atoms with Crippen molar-refractivity contribution >= 4 is 12.0 Å². The number of amides is 1. The Labute approximate surface area is 198 Å². The highest BCUT2D eigenvalue weighted by Crippen LogP contribution is 2.27. The number of hydrogen-bond donors (Lipinski definition) is 0. The standard InChI is InChI=1S/C27H27N5O2/c1-20-28-27(34-30-20)23-14-16-31(17-15-23)25(33)13-12-24-19-32(18-21-8-4-2-5-9-21)29-26(24)22-10-6-3-7-11-22/h2-13,19,23H,14-18H2,1H3/b13-12+. The van der Waals surface area contributed by atoms with Crippen molar-refractivity contribution < 1.29 is 9.32 Å². The zero-order valence-corrected chi connectivity index (χ0v) is 19.2. The fourth-order valence-corrected chi connectivity index (χ4v) is 4.32. The van der Waals surface area contributed by atoms with Crippen molar-refractivity contribution in [3.63, 3.8) is 0 Å². The Morgan fingerprint density at radius 3 is 2.44 bits per heavy atom. The molecule has 0 aliphatic carbocycles. The molecule has 1 aliphatic heterocycles. The number of carbonyl (C=O) groups is 1. The van der Waals surface area contributed by atoms with E-state index in [0.29, 0.717) is 31.3 Å². The minimum Gasteiger partial charge on any atom is -0.339 e. The summed E-state index contributed by atoms with van der Waals surface area (Å²) in [7, 11) is 0. The lowest BCUT2D eigenvalue weighted by Crippen LogP contribution is -2.36. The van der Waals surface area contributed by atoms with Crippen LogP contribution in [0.1, 0.15) is 41.6 Å². The quantitative estimate of drug-likeness (QED) is 0.395. The zero-order valence-electron chi connectivity index (χ0n) is 19.2. The van der Waals surface area contributed by atoms with E-state index in [2.05, 4.69) is 22.3 Å². The van der Waals surface area contributed by atoms with Gasteiger partial charge >= 0.3 is 0 Å². The monoisotopic (exact) mass is 453 g/mol. The second-order valence-corrected chi connectivity index (χ2v) is 8.59. The van der Waals surface area contributed by atoms with Gasteiger partial charge in [0.15, 0.2) is 5.82 Å². The van der Waals surface area contributed by atoms with Gasteiger partial charge in [0.1, 0.15) is 0 Å². The highest BCUT2D eigenvalue weighted by atomic mass is 16.5. The highest BCUT2D eigenvalue weighted by molar-refractivity contribution is 5.93. The van der Waals surface area contributed by atoms with Crippen LogP contribution in [0.4, 0.5) is 0 Å². The molecule has 1 aliphatic rings. The minimum absolute atomic E-state index is 0.00924. The van der Waals surface area contributed by atoms with Crippen LogP contribution in [0, 0.1) is 6.92 Å². The molecule has 2 aromatic heterocycles. The van der Waals surface area contributed by atoms with Gasteiger partial charge in [-0.05, 0) is 31.4 Å². The van der Waals surface area contributed by atoms with Crippen LogP contribution in [-0.4, -0.2) is 43.8 Å². The average molecular weight is 454 g/mol. The average Bonchev–Trinajstić information content (AvgIpc) is 3.50. The number of piperidine rings is 1. The molecule has 1 saturated heterocycles. The lowest BCUT2D eigenvalue weighted by Gasteiger charge is -2.29. The predicted molar refractivity (Wildman–Crippen MR) is 130 cm³/mol. The molecule has 2 aromatic carbocycles. The molecule has 0 atom stereocenters. The van der Waals surface area contributed by atoms with Gasteiger partial charge in [0.25, 0.3) is 0 Å². The second kappa shape index (κ2) is 9.87. The molecule has 7 heteroatoms. The molecular weight excluding hydrogens is 426 g/mol. The Kier molecular flexibility index (Phi) is 6.33. The Hall–Kier alpha value is -4.00. The van der Waals surface area contributed by atoms with Gasteiger partial charge in [-0.15, -0.1) is 0 Å². The summed E-state index contributed by atoms with van der Waals surface area (Å²) in [4.78, 5) is 19.2. The molecule has 0 unspecified atom stereocenters. The summed E-state index contributed by atoms with van der Waals surface area (Å²) in [6.45, 7) is 3.84. The summed E-state index contributed by atoms with van der Waals surface area (Å²) in [5.74, 6) is 1.56. The van der Waals surface area contributed by atoms with Crippen LogP contribution in [0.5, 0.6) is 0 Å². The number of aromatic nitrogens is 4. The van der Waals surface area contributed by atoms with Gasteiger partial charge in [-0.3, -0.25) is 9.48 Å². The van der Waals surface area contributed by atoms with Crippen molar-refractivity contribution in [1.29, 1.82) is 0 Å². The van der Waals surface area contributed by atoms with Gasteiger partial charge in [-0.1, -0.05) is 65.8 Å². The molecule has 0 spiro atoms. The molecule has 0 saturated carbocycles. The van der Waals surface area contributed by atoms with Crippen LogP contribution in [-0.2, 0) is 11.3 Å². The molecule has 5 rings (SSSR count). The smallest absolute Gasteiger partial charge is 0.246 e.